The molecule has 0 aliphatic heterocycles. The van der Waals surface area contributed by atoms with Crippen molar-refractivity contribution >= 4 is 39.8 Å². The maximum atomic E-state index is 6.25. The van der Waals surface area contributed by atoms with Crippen molar-refractivity contribution in [3.63, 3.8) is 0 Å². The number of hydrogen-bond acceptors (Lipinski definition) is 2. The molecule has 0 aliphatic rings. The number of hydrogen-bond donors (Lipinski definition) is 1. The van der Waals surface area contributed by atoms with Crippen molar-refractivity contribution in [3.8, 4) is 0 Å². The lowest BCUT2D eigenvalue weighted by Crippen LogP contribution is -2.14. The van der Waals surface area contributed by atoms with E-state index >= 15 is 0 Å². The summed E-state index contributed by atoms with van der Waals surface area (Å²) in [7, 11) is 1.89. The summed E-state index contributed by atoms with van der Waals surface area (Å²) in [4.78, 5) is 4.66. The van der Waals surface area contributed by atoms with Crippen LogP contribution in [0, 0.1) is 0 Å². The van der Waals surface area contributed by atoms with Gasteiger partial charge in [0, 0.05) is 29.2 Å². The summed E-state index contributed by atoms with van der Waals surface area (Å²) < 4.78 is 0. The standard InChI is InChI=1S/C14H16Cl2N2/c1-14(2,3)11-7-10(17-4)8-5-6-9(15)12(16)13(8)18-11/h5-7H,1-4H3,(H,17,18). The molecule has 0 atom stereocenters. The van der Waals surface area contributed by atoms with Gasteiger partial charge in [0.1, 0.15) is 0 Å². The third-order valence-electron chi connectivity index (χ3n) is 2.91. The molecule has 1 aromatic carbocycles. The summed E-state index contributed by atoms with van der Waals surface area (Å²) in [5.74, 6) is 0. The van der Waals surface area contributed by atoms with Crippen LogP contribution in [0.3, 0.4) is 0 Å². The lowest BCUT2D eigenvalue weighted by atomic mass is 9.91. The van der Waals surface area contributed by atoms with Crippen LogP contribution in [0.2, 0.25) is 10.0 Å². The first-order valence-electron chi connectivity index (χ1n) is 5.81. The van der Waals surface area contributed by atoms with Gasteiger partial charge in [-0.15, -0.1) is 0 Å². The number of fused-ring (bicyclic) bond motifs is 1. The second-order valence-corrected chi connectivity index (χ2v) is 6.10. The second-order valence-electron chi connectivity index (χ2n) is 5.31. The van der Waals surface area contributed by atoms with Gasteiger partial charge in [-0.3, -0.25) is 4.98 Å². The van der Waals surface area contributed by atoms with Crippen LogP contribution in [0.25, 0.3) is 10.9 Å². The van der Waals surface area contributed by atoms with E-state index in [9.17, 15) is 0 Å². The highest BCUT2D eigenvalue weighted by Gasteiger charge is 2.19. The summed E-state index contributed by atoms with van der Waals surface area (Å²) >= 11 is 12.3. The number of pyridine rings is 1. The molecule has 1 aromatic heterocycles. The number of rotatable bonds is 1. The van der Waals surface area contributed by atoms with Crippen molar-refractivity contribution in [2.45, 2.75) is 26.2 Å². The van der Waals surface area contributed by atoms with Crippen LogP contribution in [0.4, 0.5) is 5.69 Å². The zero-order chi connectivity index (χ0) is 13.5. The Balaban J connectivity index is 2.85. The fraction of sp³-hybridized carbons (Fsp3) is 0.357. The summed E-state index contributed by atoms with van der Waals surface area (Å²) in [5.41, 5.74) is 2.72. The molecule has 2 aromatic rings. The molecular weight excluding hydrogens is 267 g/mol. The molecule has 0 saturated carbocycles. The maximum absolute atomic E-state index is 6.25. The van der Waals surface area contributed by atoms with Crippen molar-refractivity contribution in [1.29, 1.82) is 0 Å². The normalized spacial score (nSPS) is 11.9. The van der Waals surface area contributed by atoms with Crippen molar-refractivity contribution in [2.75, 3.05) is 12.4 Å². The fourth-order valence-corrected chi connectivity index (χ4v) is 2.18. The van der Waals surface area contributed by atoms with Gasteiger partial charge in [0.15, 0.2) is 0 Å². The molecule has 2 rings (SSSR count). The maximum Gasteiger partial charge on any atom is 0.0927 e. The van der Waals surface area contributed by atoms with Gasteiger partial charge >= 0.3 is 0 Å². The third kappa shape index (κ3) is 2.27. The highest BCUT2D eigenvalue weighted by Crippen LogP contribution is 2.35. The minimum atomic E-state index is -0.0363. The lowest BCUT2D eigenvalue weighted by molar-refractivity contribution is 0.572. The van der Waals surface area contributed by atoms with Gasteiger partial charge in [-0.1, -0.05) is 44.0 Å². The molecule has 4 heteroatoms. The van der Waals surface area contributed by atoms with E-state index in [0.717, 1.165) is 22.3 Å². The Bertz CT molecular complexity index is 601. The molecule has 0 spiro atoms. The van der Waals surface area contributed by atoms with Gasteiger partial charge in [-0.05, 0) is 18.2 Å². The van der Waals surface area contributed by atoms with E-state index in [1.54, 1.807) is 6.07 Å². The van der Waals surface area contributed by atoms with Crippen LogP contribution in [-0.2, 0) is 5.41 Å². The molecule has 0 aliphatic carbocycles. The molecule has 0 saturated heterocycles. The van der Waals surface area contributed by atoms with Crippen molar-refractivity contribution in [2.24, 2.45) is 0 Å². The van der Waals surface area contributed by atoms with E-state index in [0.29, 0.717) is 10.0 Å². The van der Waals surface area contributed by atoms with Gasteiger partial charge in [0.05, 0.1) is 15.6 Å². The Kier molecular flexibility index (Phi) is 3.43. The molecule has 18 heavy (non-hydrogen) atoms. The number of nitrogens with one attached hydrogen (secondary N) is 1. The summed E-state index contributed by atoms with van der Waals surface area (Å²) in [6.07, 6.45) is 0. The first-order chi connectivity index (χ1) is 8.34. The number of halogens is 2. The van der Waals surface area contributed by atoms with E-state index in [1.165, 1.54) is 0 Å². The van der Waals surface area contributed by atoms with Gasteiger partial charge in [0.25, 0.3) is 0 Å². The van der Waals surface area contributed by atoms with Gasteiger partial charge in [0.2, 0.25) is 0 Å². The molecule has 0 bridgehead atoms. The topological polar surface area (TPSA) is 24.9 Å². The zero-order valence-electron chi connectivity index (χ0n) is 10.9. The van der Waals surface area contributed by atoms with E-state index in [-0.39, 0.29) is 5.41 Å². The molecule has 1 N–H and O–H groups in total. The van der Waals surface area contributed by atoms with Crippen LogP contribution < -0.4 is 5.32 Å². The molecule has 2 nitrogen and oxygen atoms in total. The molecule has 0 amide bonds. The SMILES string of the molecule is CNc1cc(C(C)(C)C)nc2c(Cl)c(Cl)ccc12. The quantitative estimate of drug-likeness (QED) is 0.806. The van der Waals surface area contributed by atoms with Crippen LogP contribution in [0.1, 0.15) is 26.5 Å². The van der Waals surface area contributed by atoms with Crippen molar-refractivity contribution in [1.82, 2.24) is 4.98 Å². The smallest absolute Gasteiger partial charge is 0.0927 e. The molecule has 1 heterocycles. The minimum absolute atomic E-state index is 0.0363. The first kappa shape index (κ1) is 13.4. The van der Waals surface area contributed by atoms with Gasteiger partial charge in [-0.2, -0.15) is 0 Å². The Hall–Kier alpha value is -0.990. The zero-order valence-corrected chi connectivity index (χ0v) is 12.4. The summed E-state index contributed by atoms with van der Waals surface area (Å²) in [6, 6.07) is 5.80. The van der Waals surface area contributed by atoms with Crippen molar-refractivity contribution in [3.05, 3.63) is 33.9 Å². The Labute approximate surface area is 117 Å². The highest BCUT2D eigenvalue weighted by molar-refractivity contribution is 6.45. The average Bonchev–Trinajstić information content (AvgIpc) is 2.31. The van der Waals surface area contributed by atoms with E-state index < -0.39 is 0 Å². The fourth-order valence-electron chi connectivity index (χ4n) is 1.82. The lowest BCUT2D eigenvalue weighted by Gasteiger charge is -2.20. The Morgan fingerprint density at radius 3 is 2.39 bits per heavy atom. The van der Waals surface area contributed by atoms with Crippen molar-refractivity contribution < 1.29 is 0 Å². The minimum Gasteiger partial charge on any atom is -0.388 e. The molecule has 0 fully saturated rings. The molecule has 96 valence electrons. The van der Waals surface area contributed by atoms with Crippen LogP contribution in [0.15, 0.2) is 18.2 Å². The number of nitrogens with zero attached hydrogens (tertiary/aromatic N) is 1. The van der Waals surface area contributed by atoms with E-state index in [2.05, 4.69) is 37.1 Å². The molecular formula is C14H16Cl2N2. The molecule has 0 unspecified atom stereocenters. The number of aromatic nitrogens is 1. The second kappa shape index (κ2) is 4.60. The Morgan fingerprint density at radius 2 is 1.83 bits per heavy atom. The van der Waals surface area contributed by atoms with Gasteiger partial charge in [-0.25, -0.2) is 0 Å². The summed E-state index contributed by atoms with van der Waals surface area (Å²) in [6.45, 7) is 6.37. The summed E-state index contributed by atoms with van der Waals surface area (Å²) in [5, 5.41) is 5.22. The predicted octanol–water partition coefficient (Wildman–Crippen LogP) is 4.88. The number of benzene rings is 1. The number of anilines is 1. The Morgan fingerprint density at radius 1 is 1.17 bits per heavy atom. The third-order valence-corrected chi connectivity index (χ3v) is 3.70. The monoisotopic (exact) mass is 282 g/mol. The predicted molar refractivity (Wildman–Crippen MR) is 80.0 cm³/mol. The van der Waals surface area contributed by atoms with Gasteiger partial charge < -0.3 is 5.32 Å². The van der Waals surface area contributed by atoms with Crippen LogP contribution >= 0.6 is 23.2 Å². The first-order valence-corrected chi connectivity index (χ1v) is 6.57. The highest BCUT2D eigenvalue weighted by atomic mass is 35.5. The molecule has 0 radical (unpaired) electrons. The average molecular weight is 283 g/mol. The van der Waals surface area contributed by atoms with E-state index in [4.69, 9.17) is 23.2 Å². The largest absolute Gasteiger partial charge is 0.388 e. The van der Waals surface area contributed by atoms with Crippen LogP contribution in [0.5, 0.6) is 0 Å². The van der Waals surface area contributed by atoms with E-state index in [1.807, 2.05) is 13.1 Å². The van der Waals surface area contributed by atoms with Crippen LogP contribution in [-0.4, -0.2) is 12.0 Å².